The molecule has 7 heteroatoms. The molecule has 0 bridgehead atoms. The zero-order chi connectivity index (χ0) is 13.0. The summed E-state index contributed by atoms with van der Waals surface area (Å²) in [5, 5.41) is 8.18. The number of ether oxygens (including phenoxy) is 1. The quantitative estimate of drug-likeness (QED) is 0.812. The number of aryl methyl sites for hydroxylation is 1. The smallest absolute Gasteiger partial charge is 0.193 e. The van der Waals surface area contributed by atoms with Crippen molar-refractivity contribution in [3.8, 4) is 10.7 Å². The molecule has 2 aromatic heterocycles. The average molecular weight is 267 g/mol. The molecule has 2 rings (SSSR count). The van der Waals surface area contributed by atoms with E-state index < -0.39 is 0 Å². The molecular weight excluding hydrogens is 250 g/mol. The molecule has 0 unspecified atom stereocenters. The van der Waals surface area contributed by atoms with Crippen LogP contribution < -0.4 is 5.73 Å². The van der Waals surface area contributed by atoms with Gasteiger partial charge in [0.15, 0.2) is 5.82 Å². The van der Waals surface area contributed by atoms with Crippen molar-refractivity contribution in [1.82, 2.24) is 20.2 Å². The molecular formula is C11H17N5OS. The van der Waals surface area contributed by atoms with E-state index in [2.05, 4.69) is 20.2 Å². The molecule has 0 saturated carbocycles. The monoisotopic (exact) mass is 267 g/mol. The zero-order valence-electron chi connectivity index (χ0n) is 10.6. The van der Waals surface area contributed by atoms with Crippen LogP contribution in [0.3, 0.4) is 0 Å². The largest absolute Gasteiger partial charge is 0.384 e. The third kappa shape index (κ3) is 2.92. The van der Waals surface area contributed by atoms with Crippen molar-refractivity contribution < 1.29 is 4.74 Å². The number of hydrogen-bond acceptors (Lipinski definition) is 6. The Hall–Kier alpha value is -1.31. The lowest BCUT2D eigenvalue weighted by molar-refractivity contribution is 0.200. The predicted molar refractivity (Wildman–Crippen MR) is 70.6 cm³/mol. The Balaban J connectivity index is 2.17. The van der Waals surface area contributed by atoms with Gasteiger partial charge in [0.25, 0.3) is 0 Å². The third-order valence-corrected chi connectivity index (χ3v) is 3.69. The first kappa shape index (κ1) is 13.1. The van der Waals surface area contributed by atoms with Gasteiger partial charge in [-0.15, -0.1) is 11.3 Å². The first-order valence-electron chi connectivity index (χ1n) is 5.81. The fourth-order valence-electron chi connectivity index (χ4n) is 1.60. The van der Waals surface area contributed by atoms with Gasteiger partial charge in [0.05, 0.1) is 22.2 Å². The van der Waals surface area contributed by atoms with Crippen LogP contribution >= 0.6 is 11.3 Å². The molecule has 3 N–H and O–H groups in total. The van der Waals surface area contributed by atoms with Crippen molar-refractivity contribution >= 4 is 11.3 Å². The second-order valence-corrected chi connectivity index (χ2v) is 4.99. The molecule has 6 nitrogen and oxygen atoms in total. The summed E-state index contributed by atoms with van der Waals surface area (Å²) >= 11 is 1.61. The number of nitrogens with two attached hydrogens (primary N) is 1. The topological polar surface area (TPSA) is 89.7 Å². The number of nitrogens with zero attached hydrogens (tertiary/aromatic N) is 3. The number of H-pyrrole nitrogens is 1. The molecule has 0 fully saturated rings. The summed E-state index contributed by atoms with van der Waals surface area (Å²) in [5.41, 5.74) is 6.49. The molecule has 0 amide bonds. The highest BCUT2D eigenvalue weighted by Crippen LogP contribution is 2.27. The second-order valence-electron chi connectivity index (χ2n) is 3.91. The molecule has 0 atom stereocenters. The summed E-state index contributed by atoms with van der Waals surface area (Å²) in [6.07, 6.45) is 1.53. The average Bonchev–Trinajstić information content (AvgIpc) is 2.94. The number of methoxy groups -OCH3 is 1. The Morgan fingerprint density at radius 3 is 2.89 bits per heavy atom. The molecule has 0 spiro atoms. The van der Waals surface area contributed by atoms with Crippen LogP contribution in [-0.4, -0.2) is 40.4 Å². The van der Waals surface area contributed by atoms with Crippen LogP contribution in [-0.2, 0) is 17.6 Å². The van der Waals surface area contributed by atoms with Crippen LogP contribution in [0.25, 0.3) is 10.7 Å². The molecule has 2 heterocycles. The van der Waals surface area contributed by atoms with Crippen molar-refractivity contribution in [2.24, 2.45) is 5.73 Å². The molecule has 0 aromatic carbocycles. The van der Waals surface area contributed by atoms with E-state index in [9.17, 15) is 0 Å². The summed E-state index contributed by atoms with van der Waals surface area (Å²) in [7, 11) is 1.67. The third-order valence-electron chi connectivity index (χ3n) is 2.48. The summed E-state index contributed by atoms with van der Waals surface area (Å²) in [6, 6.07) is 0. The van der Waals surface area contributed by atoms with Crippen LogP contribution in [0, 0.1) is 6.92 Å². The molecule has 18 heavy (non-hydrogen) atoms. The summed E-state index contributed by atoms with van der Waals surface area (Å²) in [6.45, 7) is 3.21. The lowest BCUT2D eigenvalue weighted by Crippen LogP contribution is -2.01. The van der Waals surface area contributed by atoms with Gasteiger partial charge in [0.2, 0.25) is 0 Å². The molecule has 0 saturated heterocycles. The Bertz CT molecular complexity index is 507. The summed E-state index contributed by atoms with van der Waals surface area (Å²) in [4.78, 5) is 9.93. The fraction of sp³-hybridized carbons (Fsp3) is 0.545. The normalized spacial score (nSPS) is 11.1. The predicted octanol–water partition coefficient (Wildman–Crippen LogP) is 0.927. The van der Waals surface area contributed by atoms with Crippen LogP contribution in [0.15, 0.2) is 0 Å². The molecule has 0 aliphatic carbocycles. The van der Waals surface area contributed by atoms with Crippen LogP contribution in [0.1, 0.15) is 16.5 Å². The standard InChI is InChI=1S/C11H17N5OS/c1-7-10(18-9(13-7)3-5-12)11-14-8(15-16-11)4-6-17-2/h3-6,12H2,1-2H3,(H,14,15,16). The number of rotatable bonds is 6. The van der Waals surface area contributed by atoms with E-state index in [1.54, 1.807) is 18.4 Å². The van der Waals surface area contributed by atoms with Crippen molar-refractivity contribution in [1.29, 1.82) is 0 Å². The van der Waals surface area contributed by atoms with E-state index in [1.807, 2.05) is 6.92 Å². The highest BCUT2D eigenvalue weighted by molar-refractivity contribution is 7.15. The fourth-order valence-corrected chi connectivity index (χ4v) is 2.61. The highest BCUT2D eigenvalue weighted by atomic mass is 32.1. The number of thiazole rings is 1. The minimum atomic E-state index is 0.611. The van der Waals surface area contributed by atoms with Crippen molar-refractivity contribution in [3.63, 3.8) is 0 Å². The lowest BCUT2D eigenvalue weighted by atomic mass is 10.3. The first-order valence-corrected chi connectivity index (χ1v) is 6.63. The van der Waals surface area contributed by atoms with Gasteiger partial charge in [-0.1, -0.05) is 0 Å². The Labute approximate surface area is 110 Å². The van der Waals surface area contributed by atoms with Crippen LogP contribution in [0.5, 0.6) is 0 Å². The van der Waals surface area contributed by atoms with E-state index in [0.717, 1.165) is 34.2 Å². The van der Waals surface area contributed by atoms with Gasteiger partial charge < -0.3 is 10.5 Å². The van der Waals surface area contributed by atoms with Gasteiger partial charge in [-0.2, -0.15) is 5.10 Å². The zero-order valence-corrected chi connectivity index (χ0v) is 11.4. The summed E-state index contributed by atoms with van der Waals surface area (Å²) in [5.74, 6) is 1.54. The van der Waals surface area contributed by atoms with E-state index in [4.69, 9.17) is 10.5 Å². The molecule has 0 aliphatic heterocycles. The van der Waals surface area contributed by atoms with Gasteiger partial charge in [-0.25, -0.2) is 9.97 Å². The number of aromatic nitrogens is 4. The molecule has 0 radical (unpaired) electrons. The summed E-state index contributed by atoms with van der Waals surface area (Å²) < 4.78 is 5.01. The van der Waals surface area contributed by atoms with E-state index in [1.165, 1.54) is 0 Å². The highest BCUT2D eigenvalue weighted by Gasteiger charge is 2.13. The van der Waals surface area contributed by atoms with Gasteiger partial charge >= 0.3 is 0 Å². The van der Waals surface area contributed by atoms with Gasteiger partial charge in [0.1, 0.15) is 5.82 Å². The minimum absolute atomic E-state index is 0.611. The van der Waals surface area contributed by atoms with Crippen LogP contribution in [0.4, 0.5) is 0 Å². The van der Waals surface area contributed by atoms with Crippen molar-refractivity contribution in [2.75, 3.05) is 20.3 Å². The van der Waals surface area contributed by atoms with E-state index in [0.29, 0.717) is 19.0 Å². The van der Waals surface area contributed by atoms with Gasteiger partial charge in [-0.3, -0.25) is 5.10 Å². The maximum absolute atomic E-state index is 5.53. The molecule has 0 aliphatic rings. The first-order chi connectivity index (χ1) is 8.74. The Kier molecular flexibility index (Phi) is 4.40. The maximum Gasteiger partial charge on any atom is 0.193 e. The van der Waals surface area contributed by atoms with Gasteiger partial charge in [-0.05, 0) is 13.5 Å². The lowest BCUT2D eigenvalue weighted by Gasteiger charge is -1.92. The van der Waals surface area contributed by atoms with E-state index >= 15 is 0 Å². The van der Waals surface area contributed by atoms with E-state index in [-0.39, 0.29) is 0 Å². The number of aromatic amines is 1. The number of nitrogens with one attached hydrogen (secondary N) is 1. The minimum Gasteiger partial charge on any atom is -0.384 e. The molecule has 98 valence electrons. The maximum atomic E-state index is 5.53. The molecule has 2 aromatic rings. The number of hydrogen-bond donors (Lipinski definition) is 2. The van der Waals surface area contributed by atoms with Crippen molar-refractivity contribution in [2.45, 2.75) is 19.8 Å². The SMILES string of the molecule is COCCc1nc(-c2sc(CCN)nc2C)n[nH]1. The van der Waals surface area contributed by atoms with Crippen molar-refractivity contribution in [3.05, 3.63) is 16.5 Å². The van der Waals surface area contributed by atoms with Gasteiger partial charge in [0, 0.05) is 20.0 Å². The Morgan fingerprint density at radius 1 is 1.33 bits per heavy atom. The van der Waals surface area contributed by atoms with Crippen LogP contribution in [0.2, 0.25) is 0 Å². The second kappa shape index (κ2) is 6.03. The Morgan fingerprint density at radius 2 is 2.17 bits per heavy atom.